The van der Waals surface area contributed by atoms with Gasteiger partial charge in [0.05, 0.1) is 0 Å². The summed E-state index contributed by atoms with van der Waals surface area (Å²) in [6.45, 7) is 13.4. The Balaban J connectivity index is 3.34. The number of rotatable bonds is 7. The van der Waals surface area contributed by atoms with E-state index < -0.39 is 20.2 Å². The van der Waals surface area contributed by atoms with Crippen molar-refractivity contribution in [2.24, 2.45) is 0 Å². The molecule has 2 N–H and O–H groups in total. The highest BCUT2D eigenvalue weighted by Crippen LogP contribution is 2.40. The zero-order valence-corrected chi connectivity index (χ0v) is 19.5. The van der Waals surface area contributed by atoms with Crippen molar-refractivity contribution in [3.8, 4) is 11.5 Å². The van der Waals surface area contributed by atoms with Gasteiger partial charge in [-0.25, -0.2) is 0 Å². The first-order valence-electron chi connectivity index (χ1n) is 9.37. The molecule has 0 fully saturated rings. The maximum atomic E-state index is 11.9. The molecule has 1 rings (SSSR count). The summed E-state index contributed by atoms with van der Waals surface area (Å²) >= 11 is 11.6. The van der Waals surface area contributed by atoms with Crippen LogP contribution in [-0.4, -0.2) is 31.0 Å². The minimum Gasteiger partial charge on any atom is -0.385 e. The SMILES string of the molecule is CC(C)[Si](C#C[C@@H](NC(=O)CCl)[C@@H](O)c1ccc(Cl)cc1)(C(C)C)C(C)C. The van der Waals surface area contributed by atoms with Gasteiger partial charge in [0.1, 0.15) is 26.1 Å². The van der Waals surface area contributed by atoms with Crippen LogP contribution in [0.4, 0.5) is 0 Å². The lowest BCUT2D eigenvalue weighted by molar-refractivity contribution is -0.119. The first-order valence-corrected chi connectivity index (χ1v) is 12.5. The van der Waals surface area contributed by atoms with Crippen molar-refractivity contribution in [3.05, 3.63) is 34.9 Å². The Morgan fingerprint density at radius 3 is 1.96 bits per heavy atom. The molecule has 1 aromatic carbocycles. The molecule has 150 valence electrons. The average molecular weight is 428 g/mol. The summed E-state index contributed by atoms with van der Waals surface area (Å²) in [5.74, 6) is 2.70. The highest BCUT2D eigenvalue weighted by Gasteiger charge is 2.42. The van der Waals surface area contributed by atoms with Crippen LogP contribution >= 0.6 is 23.2 Å². The number of alkyl halides is 1. The van der Waals surface area contributed by atoms with Gasteiger partial charge in [0.25, 0.3) is 0 Å². The number of hydrogen-bond donors (Lipinski definition) is 2. The van der Waals surface area contributed by atoms with E-state index in [0.29, 0.717) is 27.2 Å². The molecule has 27 heavy (non-hydrogen) atoms. The lowest BCUT2D eigenvalue weighted by atomic mass is 10.0. The molecule has 0 radical (unpaired) electrons. The number of carbonyl (C=O) groups is 1. The highest BCUT2D eigenvalue weighted by molar-refractivity contribution is 6.90. The van der Waals surface area contributed by atoms with E-state index in [1.165, 1.54) is 0 Å². The van der Waals surface area contributed by atoms with E-state index in [-0.39, 0.29) is 11.8 Å². The number of halogens is 2. The summed E-state index contributed by atoms with van der Waals surface area (Å²) in [6, 6.07) is 6.19. The third kappa shape index (κ3) is 5.99. The Morgan fingerprint density at radius 1 is 1.07 bits per heavy atom. The molecule has 2 atom stereocenters. The first kappa shape index (κ1) is 24.0. The van der Waals surface area contributed by atoms with E-state index in [1.807, 2.05) is 0 Å². The van der Waals surface area contributed by atoms with Crippen LogP contribution in [0.15, 0.2) is 24.3 Å². The van der Waals surface area contributed by atoms with Crippen LogP contribution in [0.3, 0.4) is 0 Å². The van der Waals surface area contributed by atoms with E-state index in [1.54, 1.807) is 24.3 Å². The molecule has 3 nitrogen and oxygen atoms in total. The van der Waals surface area contributed by atoms with Crippen molar-refractivity contribution in [2.45, 2.75) is 70.3 Å². The number of benzene rings is 1. The average Bonchev–Trinajstić information content (AvgIpc) is 2.60. The van der Waals surface area contributed by atoms with Crippen molar-refractivity contribution in [1.82, 2.24) is 5.32 Å². The molecule has 6 heteroatoms. The van der Waals surface area contributed by atoms with Gasteiger partial charge >= 0.3 is 0 Å². The van der Waals surface area contributed by atoms with Crippen LogP contribution in [0.1, 0.15) is 53.2 Å². The molecule has 0 aliphatic carbocycles. The Labute approximate surface area is 174 Å². The van der Waals surface area contributed by atoms with Crippen LogP contribution in [-0.2, 0) is 4.79 Å². The Hall–Kier alpha value is -0.993. The third-order valence-electron chi connectivity index (χ3n) is 5.28. The number of carbonyl (C=O) groups excluding carboxylic acids is 1. The molecular weight excluding hydrogens is 397 g/mol. The molecule has 0 aliphatic heterocycles. The fourth-order valence-electron chi connectivity index (χ4n) is 3.89. The summed E-state index contributed by atoms with van der Waals surface area (Å²) in [5.41, 5.74) is 5.60. The van der Waals surface area contributed by atoms with Crippen molar-refractivity contribution in [2.75, 3.05) is 5.88 Å². The van der Waals surface area contributed by atoms with Crippen LogP contribution < -0.4 is 5.32 Å². The van der Waals surface area contributed by atoms with Crippen molar-refractivity contribution in [1.29, 1.82) is 0 Å². The van der Waals surface area contributed by atoms with Gasteiger partial charge in [-0.15, -0.1) is 17.1 Å². The van der Waals surface area contributed by atoms with Crippen LogP contribution in [0.5, 0.6) is 0 Å². The lowest BCUT2D eigenvalue weighted by Gasteiger charge is -2.38. The minimum absolute atomic E-state index is 0.174. The first-order chi connectivity index (χ1) is 12.6. The van der Waals surface area contributed by atoms with E-state index in [0.717, 1.165) is 0 Å². The molecule has 0 saturated heterocycles. The lowest BCUT2D eigenvalue weighted by Crippen LogP contribution is -2.45. The zero-order chi connectivity index (χ0) is 20.8. The smallest absolute Gasteiger partial charge is 0.235 e. The molecule has 0 aliphatic rings. The number of hydrogen-bond acceptors (Lipinski definition) is 2. The highest BCUT2D eigenvalue weighted by atomic mass is 35.5. The van der Waals surface area contributed by atoms with Crippen LogP contribution in [0.2, 0.25) is 21.6 Å². The molecule has 1 amide bonds. The predicted molar refractivity (Wildman–Crippen MR) is 118 cm³/mol. The largest absolute Gasteiger partial charge is 0.385 e. The van der Waals surface area contributed by atoms with Crippen LogP contribution in [0, 0.1) is 11.5 Å². The summed E-state index contributed by atoms with van der Waals surface area (Å²) in [7, 11) is -1.98. The predicted octanol–water partition coefficient (Wildman–Crippen LogP) is 5.32. The second-order valence-electron chi connectivity index (χ2n) is 7.84. The topological polar surface area (TPSA) is 49.3 Å². The third-order valence-corrected chi connectivity index (χ3v) is 12.1. The number of nitrogens with one attached hydrogen (secondary N) is 1. The van der Waals surface area contributed by atoms with Crippen molar-refractivity contribution in [3.63, 3.8) is 0 Å². The molecule has 0 bridgehead atoms. The number of amides is 1. The van der Waals surface area contributed by atoms with Gasteiger partial charge in [0.2, 0.25) is 5.91 Å². The van der Waals surface area contributed by atoms with Crippen molar-refractivity contribution >= 4 is 37.2 Å². The fraction of sp³-hybridized carbons (Fsp3) is 0.571. The van der Waals surface area contributed by atoms with Gasteiger partial charge in [-0.05, 0) is 34.3 Å². The molecule has 0 saturated carbocycles. The van der Waals surface area contributed by atoms with Gasteiger partial charge in [-0.3, -0.25) is 4.79 Å². The standard InChI is InChI=1S/C21H31Cl2NO2Si/c1-14(2)27(15(3)4,16(5)6)12-11-19(24-20(25)13-22)21(26)17-7-9-18(23)10-8-17/h7-10,14-16,19,21,26H,13H2,1-6H3,(H,24,25)/t19-,21+/m1/s1. The molecule has 0 spiro atoms. The Kier molecular flexibility index (Phi) is 9.37. The number of aliphatic hydroxyl groups excluding tert-OH is 1. The van der Waals surface area contributed by atoms with Gasteiger partial charge in [-0.1, -0.05) is 71.2 Å². The maximum Gasteiger partial charge on any atom is 0.235 e. The second-order valence-corrected chi connectivity index (χ2v) is 14.1. The van der Waals surface area contributed by atoms with Gasteiger partial charge in [0, 0.05) is 5.02 Å². The van der Waals surface area contributed by atoms with Gasteiger partial charge in [-0.2, -0.15) is 0 Å². The quantitative estimate of drug-likeness (QED) is 0.351. The summed E-state index contributed by atoms with van der Waals surface area (Å²) < 4.78 is 0. The van der Waals surface area contributed by atoms with Gasteiger partial charge in [0.15, 0.2) is 0 Å². The summed E-state index contributed by atoms with van der Waals surface area (Å²) in [5, 5.41) is 14.2. The van der Waals surface area contributed by atoms with E-state index in [9.17, 15) is 9.90 Å². The van der Waals surface area contributed by atoms with Crippen molar-refractivity contribution < 1.29 is 9.90 Å². The molecule has 0 unspecified atom stereocenters. The van der Waals surface area contributed by atoms with E-state index >= 15 is 0 Å². The summed E-state index contributed by atoms with van der Waals surface area (Å²) in [6.07, 6.45) is -0.958. The molecule has 1 aromatic rings. The minimum atomic E-state index is -1.98. The number of aliphatic hydroxyl groups is 1. The Morgan fingerprint density at radius 2 is 1.56 bits per heavy atom. The maximum absolute atomic E-state index is 11.9. The fourth-order valence-corrected chi connectivity index (χ4v) is 9.37. The van der Waals surface area contributed by atoms with Gasteiger partial charge < -0.3 is 10.4 Å². The van der Waals surface area contributed by atoms with E-state index in [2.05, 4.69) is 58.3 Å². The molecular formula is C21H31Cl2NO2Si. The Bertz CT molecular complexity index is 656. The van der Waals surface area contributed by atoms with Crippen LogP contribution in [0.25, 0.3) is 0 Å². The monoisotopic (exact) mass is 427 g/mol. The molecule has 0 heterocycles. The normalized spacial score (nSPS) is 14.1. The summed E-state index contributed by atoms with van der Waals surface area (Å²) in [4.78, 5) is 11.9. The zero-order valence-electron chi connectivity index (χ0n) is 17.0. The molecule has 0 aromatic heterocycles. The second kappa shape index (κ2) is 10.5. The van der Waals surface area contributed by atoms with E-state index in [4.69, 9.17) is 23.2 Å².